The number of anilines is 1. The lowest BCUT2D eigenvalue weighted by molar-refractivity contribution is 0.0748. The van der Waals surface area contributed by atoms with Gasteiger partial charge in [-0.05, 0) is 53.5 Å². The van der Waals surface area contributed by atoms with Gasteiger partial charge in [0, 0.05) is 24.7 Å². The molecule has 0 spiro atoms. The quantitative estimate of drug-likeness (QED) is 0.715. The maximum Gasteiger partial charge on any atom is 0.229 e. The molecule has 0 aliphatic carbocycles. The van der Waals surface area contributed by atoms with Gasteiger partial charge in [0.25, 0.3) is 0 Å². The van der Waals surface area contributed by atoms with E-state index in [4.69, 9.17) is 15.2 Å². The van der Waals surface area contributed by atoms with Crippen LogP contribution in [0.25, 0.3) is 0 Å². The molecule has 0 saturated heterocycles. The van der Waals surface area contributed by atoms with Crippen molar-refractivity contribution in [3.05, 3.63) is 76.7 Å². The Kier molecular flexibility index (Phi) is 5.79. The van der Waals surface area contributed by atoms with Gasteiger partial charge in [0.05, 0.1) is 6.04 Å². The fourth-order valence-electron chi connectivity index (χ4n) is 4.77. The van der Waals surface area contributed by atoms with Gasteiger partial charge in [-0.15, -0.1) is 0 Å². The van der Waals surface area contributed by atoms with Crippen molar-refractivity contribution in [2.24, 2.45) is 5.73 Å². The Morgan fingerprint density at radius 1 is 1.17 bits per heavy atom. The van der Waals surface area contributed by atoms with Crippen molar-refractivity contribution < 1.29 is 9.47 Å². The minimum absolute atomic E-state index is 0.00925. The number of rotatable bonds is 6. The molecule has 0 bridgehead atoms. The third kappa shape index (κ3) is 3.93. The van der Waals surface area contributed by atoms with Crippen LogP contribution < -0.4 is 10.6 Å². The highest BCUT2D eigenvalue weighted by Crippen LogP contribution is 2.44. The van der Waals surface area contributed by atoms with Crippen molar-refractivity contribution in [3.8, 4) is 0 Å². The zero-order chi connectivity index (χ0) is 21.3. The summed E-state index contributed by atoms with van der Waals surface area (Å²) in [6, 6.07) is 15.5. The SMILES string of the molecule is CCc1cc2c(cc1C(C)N)N(C(Cc1ccccc1)C1=COCO1)CCC2(C)C. The fourth-order valence-corrected chi connectivity index (χ4v) is 4.77. The van der Waals surface area contributed by atoms with E-state index in [2.05, 4.69) is 75.1 Å². The van der Waals surface area contributed by atoms with Gasteiger partial charge in [-0.2, -0.15) is 0 Å². The average molecular weight is 407 g/mol. The highest BCUT2D eigenvalue weighted by Gasteiger charge is 2.37. The van der Waals surface area contributed by atoms with Crippen LogP contribution in [0.5, 0.6) is 0 Å². The first-order valence-corrected chi connectivity index (χ1v) is 11.1. The van der Waals surface area contributed by atoms with E-state index < -0.39 is 0 Å². The molecule has 2 atom stereocenters. The zero-order valence-corrected chi connectivity index (χ0v) is 18.7. The number of hydrogen-bond donors (Lipinski definition) is 1. The van der Waals surface area contributed by atoms with Crippen LogP contribution in [-0.2, 0) is 27.7 Å². The van der Waals surface area contributed by atoms with Crippen molar-refractivity contribution in [2.45, 2.75) is 64.5 Å². The van der Waals surface area contributed by atoms with E-state index in [9.17, 15) is 0 Å². The second-order valence-electron chi connectivity index (χ2n) is 9.19. The van der Waals surface area contributed by atoms with Gasteiger partial charge in [-0.25, -0.2) is 0 Å². The highest BCUT2D eigenvalue weighted by atomic mass is 16.7. The molecule has 0 radical (unpaired) electrons. The lowest BCUT2D eigenvalue weighted by Gasteiger charge is -2.44. The van der Waals surface area contributed by atoms with Crippen molar-refractivity contribution >= 4 is 5.69 Å². The first-order valence-electron chi connectivity index (χ1n) is 11.1. The number of nitrogens with two attached hydrogens (primary N) is 1. The maximum absolute atomic E-state index is 6.38. The smallest absolute Gasteiger partial charge is 0.229 e. The van der Waals surface area contributed by atoms with E-state index in [1.807, 2.05) is 0 Å². The largest absolute Gasteiger partial charge is 0.462 e. The molecular formula is C26H34N2O2. The summed E-state index contributed by atoms with van der Waals surface area (Å²) in [5, 5.41) is 0. The van der Waals surface area contributed by atoms with Crippen molar-refractivity contribution in [2.75, 3.05) is 18.2 Å². The molecule has 2 heterocycles. The van der Waals surface area contributed by atoms with Gasteiger partial charge in [-0.3, -0.25) is 0 Å². The molecule has 4 heteroatoms. The number of ether oxygens (including phenoxy) is 2. The van der Waals surface area contributed by atoms with Crippen LogP contribution in [0.15, 0.2) is 54.5 Å². The van der Waals surface area contributed by atoms with E-state index in [1.165, 1.54) is 27.9 Å². The van der Waals surface area contributed by atoms with E-state index in [0.717, 1.165) is 31.6 Å². The summed E-state index contributed by atoms with van der Waals surface area (Å²) < 4.78 is 11.4. The molecule has 0 fully saturated rings. The summed E-state index contributed by atoms with van der Waals surface area (Å²) in [7, 11) is 0. The van der Waals surface area contributed by atoms with Gasteiger partial charge in [0.1, 0.15) is 6.26 Å². The fraction of sp³-hybridized carbons (Fsp3) is 0.462. The molecule has 2 aliphatic heterocycles. The first kappa shape index (κ1) is 20.8. The molecule has 2 aromatic carbocycles. The molecule has 160 valence electrons. The molecule has 0 saturated carbocycles. The van der Waals surface area contributed by atoms with Crippen molar-refractivity contribution in [1.29, 1.82) is 0 Å². The molecule has 2 aromatic rings. The first-order chi connectivity index (χ1) is 14.4. The average Bonchev–Trinajstić information content (AvgIpc) is 3.27. The van der Waals surface area contributed by atoms with Crippen LogP contribution in [0.3, 0.4) is 0 Å². The van der Waals surface area contributed by atoms with Crippen LogP contribution in [0.4, 0.5) is 5.69 Å². The van der Waals surface area contributed by atoms with Crippen molar-refractivity contribution in [1.82, 2.24) is 0 Å². The molecule has 4 rings (SSSR count). The molecule has 0 amide bonds. The summed E-state index contributed by atoms with van der Waals surface area (Å²) in [4.78, 5) is 2.51. The molecule has 0 aromatic heterocycles. The van der Waals surface area contributed by atoms with E-state index >= 15 is 0 Å². The third-order valence-electron chi connectivity index (χ3n) is 6.61. The topological polar surface area (TPSA) is 47.7 Å². The summed E-state index contributed by atoms with van der Waals surface area (Å²) >= 11 is 0. The Morgan fingerprint density at radius 3 is 2.57 bits per heavy atom. The molecular weight excluding hydrogens is 372 g/mol. The number of hydrogen-bond acceptors (Lipinski definition) is 4. The van der Waals surface area contributed by atoms with Gasteiger partial charge in [0.2, 0.25) is 6.79 Å². The second-order valence-corrected chi connectivity index (χ2v) is 9.19. The van der Waals surface area contributed by atoms with Crippen LogP contribution >= 0.6 is 0 Å². The Bertz CT molecular complexity index is 918. The zero-order valence-electron chi connectivity index (χ0n) is 18.7. The molecule has 2 aliphatic rings. The summed E-state index contributed by atoms with van der Waals surface area (Å²) in [6.07, 6.45) is 4.76. The number of nitrogens with zero attached hydrogens (tertiary/aromatic N) is 1. The predicted octanol–water partition coefficient (Wildman–Crippen LogP) is 5.21. The van der Waals surface area contributed by atoms with Gasteiger partial charge in [0.15, 0.2) is 5.76 Å². The standard InChI is InChI=1S/C26H34N2O2/c1-5-20-14-22-23(15-21(20)18(2)27)28(12-11-26(22,3)4)24(25-16-29-17-30-25)13-19-9-7-6-8-10-19/h6-10,14-16,18,24H,5,11-13,17,27H2,1-4H3. The lowest BCUT2D eigenvalue weighted by atomic mass is 9.75. The maximum atomic E-state index is 6.38. The molecule has 2 unspecified atom stereocenters. The summed E-state index contributed by atoms with van der Waals surface area (Å²) in [6.45, 7) is 10.3. The van der Waals surface area contributed by atoms with Gasteiger partial charge >= 0.3 is 0 Å². The number of fused-ring (bicyclic) bond motifs is 1. The van der Waals surface area contributed by atoms with Gasteiger partial charge < -0.3 is 20.1 Å². The Morgan fingerprint density at radius 2 is 1.93 bits per heavy atom. The second kappa shape index (κ2) is 8.35. The van der Waals surface area contributed by atoms with E-state index in [1.54, 1.807) is 6.26 Å². The predicted molar refractivity (Wildman–Crippen MR) is 122 cm³/mol. The number of benzene rings is 2. The highest BCUT2D eigenvalue weighted by molar-refractivity contribution is 5.64. The lowest BCUT2D eigenvalue weighted by Crippen LogP contribution is -2.45. The normalized spacial score (nSPS) is 19.4. The van der Waals surface area contributed by atoms with Crippen LogP contribution in [0, 0.1) is 0 Å². The Labute approximate surface area is 180 Å². The minimum Gasteiger partial charge on any atom is -0.462 e. The molecule has 4 nitrogen and oxygen atoms in total. The van der Waals surface area contributed by atoms with Crippen LogP contribution in [-0.4, -0.2) is 19.4 Å². The van der Waals surface area contributed by atoms with Crippen LogP contribution in [0.1, 0.15) is 62.4 Å². The monoisotopic (exact) mass is 406 g/mol. The molecule has 30 heavy (non-hydrogen) atoms. The summed E-state index contributed by atoms with van der Waals surface area (Å²) in [5.41, 5.74) is 13.1. The number of aryl methyl sites for hydroxylation is 1. The van der Waals surface area contributed by atoms with Crippen molar-refractivity contribution in [3.63, 3.8) is 0 Å². The van der Waals surface area contributed by atoms with E-state index in [-0.39, 0.29) is 17.5 Å². The summed E-state index contributed by atoms with van der Waals surface area (Å²) in [5.74, 6) is 0.909. The molecule has 2 N–H and O–H groups in total. The van der Waals surface area contributed by atoms with Crippen LogP contribution in [0.2, 0.25) is 0 Å². The van der Waals surface area contributed by atoms with Gasteiger partial charge in [-0.1, -0.05) is 57.2 Å². The third-order valence-corrected chi connectivity index (χ3v) is 6.61. The van der Waals surface area contributed by atoms with E-state index in [0.29, 0.717) is 6.79 Å². The minimum atomic E-state index is 0.00925. The Hall–Kier alpha value is -2.46. The Balaban J connectivity index is 1.81.